The van der Waals surface area contributed by atoms with Gasteiger partial charge >= 0.3 is 12.9 Å². The lowest BCUT2D eigenvalue weighted by Gasteiger charge is -2.42. The zero-order valence-electron chi connectivity index (χ0n) is 28.1. The van der Waals surface area contributed by atoms with Crippen molar-refractivity contribution in [2.24, 2.45) is 0 Å². The Kier molecular flexibility index (Phi) is 11.8. The highest BCUT2D eigenvalue weighted by atomic mass is 35.5. The zero-order valence-corrected chi connectivity index (χ0v) is 29.6. The van der Waals surface area contributed by atoms with E-state index in [-0.39, 0.29) is 22.3 Å². The Morgan fingerprint density at radius 2 is 1.19 bits per heavy atom. The summed E-state index contributed by atoms with van der Waals surface area (Å²) in [4.78, 5) is 40.0. The average Bonchev–Trinajstić information content (AvgIpc) is 3.63. The van der Waals surface area contributed by atoms with E-state index in [0.29, 0.717) is 40.1 Å². The first-order valence-electron chi connectivity index (χ1n) is 16.8. The molecule has 0 spiro atoms. The van der Waals surface area contributed by atoms with Gasteiger partial charge in [0.25, 0.3) is 17.7 Å². The number of Topliss-reactive ketones (excluding diaryl/α,β-unsaturated/α-hetero) is 1. The molecule has 0 radical (unpaired) electrons. The van der Waals surface area contributed by atoms with E-state index in [2.05, 4.69) is 42.3 Å². The van der Waals surface area contributed by atoms with Gasteiger partial charge in [-0.2, -0.15) is 17.6 Å². The number of amides is 1. The summed E-state index contributed by atoms with van der Waals surface area (Å²) in [6, 6.07) is 15.7. The molecule has 1 amide bonds. The number of nitrogens with zero attached hydrogens (tertiary/aromatic N) is 6. The number of rotatable bonds is 12. The van der Waals surface area contributed by atoms with Crippen molar-refractivity contribution in [3.63, 3.8) is 0 Å². The highest BCUT2D eigenvalue weighted by Crippen LogP contribution is 2.47. The van der Waals surface area contributed by atoms with Gasteiger partial charge in [-0.1, -0.05) is 60.3 Å². The lowest BCUT2D eigenvalue weighted by Crippen LogP contribution is -2.37. The van der Waals surface area contributed by atoms with Crippen LogP contribution in [0.3, 0.4) is 0 Å². The normalized spacial score (nSPS) is 15.5. The van der Waals surface area contributed by atoms with Crippen LogP contribution in [0.1, 0.15) is 84.0 Å². The number of aromatic nitrogens is 6. The van der Waals surface area contributed by atoms with Crippen molar-refractivity contribution in [2.75, 3.05) is 6.54 Å². The summed E-state index contributed by atoms with van der Waals surface area (Å²) < 4.78 is 54.3. The highest BCUT2D eigenvalue weighted by Gasteiger charge is 2.40. The molecule has 5 aromatic rings. The largest absolute Gasteiger partial charge is 0.415 e. The first kappa shape index (κ1) is 37.9. The molecule has 0 atom stereocenters. The number of ketones is 1. The monoisotopic (exact) mass is 769 g/mol. The predicted octanol–water partition coefficient (Wildman–Crippen LogP) is 8.14. The van der Waals surface area contributed by atoms with Gasteiger partial charge in [0.15, 0.2) is 5.78 Å². The van der Waals surface area contributed by atoms with Gasteiger partial charge in [0, 0.05) is 58.5 Å². The maximum absolute atomic E-state index is 12.5. The third-order valence-corrected chi connectivity index (χ3v) is 10.3. The van der Waals surface area contributed by atoms with Crippen LogP contribution in [0.5, 0.6) is 0 Å². The second kappa shape index (κ2) is 16.5. The molecule has 2 saturated carbocycles. The number of alkyl halides is 4. The van der Waals surface area contributed by atoms with Crippen LogP contribution in [0, 0.1) is 0 Å². The van der Waals surface area contributed by atoms with E-state index >= 15 is 0 Å². The molecule has 1 N–H and O–H groups in total. The number of carbonyl (C=O) groups is 2. The fourth-order valence-electron chi connectivity index (χ4n) is 6.49. The van der Waals surface area contributed by atoms with Crippen LogP contribution in [-0.4, -0.2) is 54.8 Å². The van der Waals surface area contributed by atoms with E-state index in [4.69, 9.17) is 27.6 Å². The summed E-state index contributed by atoms with van der Waals surface area (Å²) in [5, 5.41) is 10.2. The number of benzene rings is 2. The first-order chi connectivity index (χ1) is 25.4. The van der Waals surface area contributed by atoms with Crippen LogP contribution < -0.4 is 5.32 Å². The molecular formula is C37H33Cl2F4N7O3. The second-order valence-electron chi connectivity index (χ2n) is 13.1. The summed E-state index contributed by atoms with van der Waals surface area (Å²) in [5.74, 6) is -1.42. The molecule has 0 aliphatic heterocycles. The standard InChI is InChI=1S/C19H18ClF2N3O2.C18H15ClF2N4O/c20-14-4-2-13(3-5-14)19(6-1-7-19)8-16-23-9-12(10-24-16)15(26)11-25-18(27)17(21)22;19-13-4-2-12(3-5-13)18(6-1-7-18)8-14-22-9-11(10-23-14)16-24-25-17(26-16)15(20)21/h2-5,9-10,17H,1,6-8,11H2,(H,25,27);2-5,9-10,15H,1,6-8H2. The van der Waals surface area contributed by atoms with Gasteiger partial charge in [0.2, 0.25) is 0 Å². The minimum Gasteiger partial charge on any atom is -0.415 e. The van der Waals surface area contributed by atoms with Crippen LogP contribution in [0.25, 0.3) is 11.5 Å². The van der Waals surface area contributed by atoms with E-state index in [1.54, 1.807) is 0 Å². The molecule has 2 aromatic carbocycles. The Bertz CT molecular complexity index is 2010. The lowest BCUT2D eigenvalue weighted by molar-refractivity contribution is -0.131. The lowest BCUT2D eigenvalue weighted by atomic mass is 9.62. The molecule has 53 heavy (non-hydrogen) atoms. The average molecular weight is 771 g/mol. The van der Waals surface area contributed by atoms with Gasteiger partial charge in [0.1, 0.15) is 11.6 Å². The molecule has 0 bridgehead atoms. The van der Waals surface area contributed by atoms with Crippen molar-refractivity contribution in [1.82, 2.24) is 35.5 Å². The number of hydrogen-bond acceptors (Lipinski definition) is 9. The van der Waals surface area contributed by atoms with Crippen molar-refractivity contribution in [3.05, 3.63) is 118 Å². The predicted molar refractivity (Wildman–Crippen MR) is 187 cm³/mol. The third-order valence-electron chi connectivity index (χ3n) is 9.76. The summed E-state index contributed by atoms with van der Waals surface area (Å²) >= 11 is 12.0. The molecule has 2 aliphatic rings. The first-order valence-corrected chi connectivity index (χ1v) is 17.6. The third kappa shape index (κ3) is 9.05. The Balaban J connectivity index is 0.000000181. The van der Waals surface area contributed by atoms with Gasteiger partial charge in [-0.15, -0.1) is 10.2 Å². The molecule has 0 saturated heterocycles. The minimum atomic E-state index is -3.15. The zero-order chi connectivity index (χ0) is 37.6. The molecule has 16 heteroatoms. The van der Waals surface area contributed by atoms with Crippen LogP contribution in [0.2, 0.25) is 10.0 Å². The van der Waals surface area contributed by atoms with E-state index in [1.165, 1.54) is 42.3 Å². The molecule has 3 aromatic heterocycles. The minimum absolute atomic E-state index is 0.0112. The van der Waals surface area contributed by atoms with Crippen LogP contribution in [0.4, 0.5) is 17.6 Å². The number of hydrogen-bond donors (Lipinski definition) is 1. The fourth-order valence-corrected chi connectivity index (χ4v) is 6.74. The highest BCUT2D eigenvalue weighted by molar-refractivity contribution is 6.30. The Morgan fingerprint density at radius 1 is 0.717 bits per heavy atom. The second-order valence-corrected chi connectivity index (χ2v) is 14.0. The van der Waals surface area contributed by atoms with Crippen molar-refractivity contribution >= 4 is 34.9 Å². The molecule has 0 unspecified atom stereocenters. The molecule has 3 heterocycles. The van der Waals surface area contributed by atoms with Crippen molar-refractivity contribution < 1.29 is 31.6 Å². The maximum atomic E-state index is 12.5. The van der Waals surface area contributed by atoms with Crippen LogP contribution in [0.15, 0.2) is 77.7 Å². The van der Waals surface area contributed by atoms with Crippen LogP contribution >= 0.6 is 23.2 Å². The summed E-state index contributed by atoms with van der Waals surface area (Å²) in [7, 11) is 0. The summed E-state index contributed by atoms with van der Waals surface area (Å²) in [6.45, 7) is -0.513. The number of nitrogens with one attached hydrogen (secondary N) is 1. The quantitative estimate of drug-likeness (QED) is 0.0985. The fraction of sp³-hybridized carbons (Fsp3) is 0.351. The molecule has 7 rings (SSSR count). The molecule has 276 valence electrons. The van der Waals surface area contributed by atoms with Gasteiger partial charge < -0.3 is 9.73 Å². The van der Waals surface area contributed by atoms with Gasteiger partial charge in [0.05, 0.1) is 17.7 Å². The molecular weight excluding hydrogens is 737 g/mol. The van der Waals surface area contributed by atoms with E-state index in [1.807, 2.05) is 41.7 Å². The number of carbonyl (C=O) groups excluding carboxylic acids is 2. The molecule has 10 nitrogen and oxygen atoms in total. The van der Waals surface area contributed by atoms with Gasteiger partial charge in [-0.25, -0.2) is 19.9 Å². The van der Waals surface area contributed by atoms with Crippen molar-refractivity contribution in [3.8, 4) is 11.5 Å². The van der Waals surface area contributed by atoms with Gasteiger partial charge in [-0.05, 0) is 61.1 Å². The summed E-state index contributed by atoms with van der Waals surface area (Å²) in [5.41, 5.74) is 3.02. The Morgan fingerprint density at radius 3 is 1.58 bits per heavy atom. The number of halogens is 6. The smallest absolute Gasteiger partial charge is 0.315 e. The van der Waals surface area contributed by atoms with E-state index in [0.717, 1.165) is 32.1 Å². The van der Waals surface area contributed by atoms with Gasteiger partial charge in [-0.3, -0.25) is 9.59 Å². The van der Waals surface area contributed by atoms with Crippen molar-refractivity contribution in [1.29, 1.82) is 0 Å². The topological polar surface area (TPSA) is 137 Å². The summed E-state index contributed by atoms with van der Waals surface area (Å²) in [6.07, 6.45) is 7.68. The van der Waals surface area contributed by atoms with Crippen molar-refractivity contribution in [2.45, 2.75) is 75.0 Å². The molecule has 2 aliphatic carbocycles. The maximum Gasteiger partial charge on any atom is 0.315 e. The Hall–Kier alpha value is -4.82. The van der Waals surface area contributed by atoms with E-state index < -0.39 is 37.0 Å². The van der Waals surface area contributed by atoms with E-state index in [9.17, 15) is 27.2 Å². The van der Waals surface area contributed by atoms with Crippen LogP contribution in [-0.2, 0) is 28.5 Å². The SMILES string of the molecule is FC(F)c1nnc(-c2cnc(CC3(c4ccc(Cl)cc4)CCC3)nc2)o1.O=C(CNC(=O)C(F)F)c1cnc(CC2(c3ccc(Cl)cc3)CCC2)nc1. The Labute approximate surface area is 311 Å². The molecule has 2 fully saturated rings.